The molecule has 1 atom stereocenters. The molecule has 126 valence electrons. The second kappa shape index (κ2) is 7.45. The van der Waals surface area contributed by atoms with Gasteiger partial charge in [0, 0.05) is 12.2 Å². The summed E-state index contributed by atoms with van der Waals surface area (Å²) in [7, 11) is 0. The van der Waals surface area contributed by atoms with Crippen LogP contribution in [0.1, 0.15) is 40.5 Å². The molecular formula is C19H23N3O2. The van der Waals surface area contributed by atoms with Crippen LogP contribution < -0.4 is 10.9 Å². The van der Waals surface area contributed by atoms with E-state index in [-0.39, 0.29) is 23.1 Å². The van der Waals surface area contributed by atoms with E-state index in [2.05, 4.69) is 27.3 Å². The standard InChI is InChI=1S/C19H23N3O2/c1-14-9-10-16(19(24)21-14)18(23)20-13-17(22-11-5-6-12-22)15-7-3-2-4-8-15/h2-4,7-10,17H,5-6,11-13H2,1H3,(H,20,23)(H,21,24)/t17-/m1/s1. The number of likely N-dealkylation sites (tertiary alicyclic amines) is 1. The molecule has 1 aliphatic heterocycles. The van der Waals surface area contributed by atoms with Crippen molar-refractivity contribution in [1.29, 1.82) is 0 Å². The summed E-state index contributed by atoms with van der Waals surface area (Å²) in [6, 6.07) is 13.7. The van der Waals surface area contributed by atoms with Crippen molar-refractivity contribution < 1.29 is 4.79 Å². The molecule has 2 aromatic rings. The number of aromatic nitrogens is 1. The molecule has 3 rings (SSSR count). The van der Waals surface area contributed by atoms with Gasteiger partial charge in [-0.05, 0) is 50.6 Å². The minimum atomic E-state index is -0.343. The number of H-pyrrole nitrogens is 1. The first kappa shape index (κ1) is 16.5. The smallest absolute Gasteiger partial charge is 0.260 e. The molecule has 0 radical (unpaired) electrons. The second-order valence-electron chi connectivity index (χ2n) is 6.26. The number of hydrogen-bond acceptors (Lipinski definition) is 3. The van der Waals surface area contributed by atoms with Gasteiger partial charge in [0.05, 0.1) is 6.04 Å². The molecule has 0 unspecified atom stereocenters. The number of amides is 1. The van der Waals surface area contributed by atoms with E-state index in [1.807, 2.05) is 18.2 Å². The summed E-state index contributed by atoms with van der Waals surface area (Å²) < 4.78 is 0. The summed E-state index contributed by atoms with van der Waals surface area (Å²) in [4.78, 5) is 29.4. The summed E-state index contributed by atoms with van der Waals surface area (Å²) >= 11 is 0. The molecule has 24 heavy (non-hydrogen) atoms. The van der Waals surface area contributed by atoms with Gasteiger partial charge in [0.2, 0.25) is 0 Å². The molecule has 5 heteroatoms. The molecule has 0 saturated carbocycles. The Kier molecular flexibility index (Phi) is 5.11. The highest BCUT2D eigenvalue weighted by molar-refractivity contribution is 5.93. The summed E-state index contributed by atoms with van der Waals surface area (Å²) in [5, 5.41) is 2.93. The van der Waals surface area contributed by atoms with Crippen LogP contribution in [-0.4, -0.2) is 35.4 Å². The van der Waals surface area contributed by atoms with Crippen LogP contribution in [0.25, 0.3) is 0 Å². The van der Waals surface area contributed by atoms with Gasteiger partial charge in [-0.2, -0.15) is 0 Å². The van der Waals surface area contributed by atoms with E-state index >= 15 is 0 Å². The van der Waals surface area contributed by atoms with E-state index in [4.69, 9.17) is 0 Å². The van der Waals surface area contributed by atoms with Crippen molar-refractivity contribution in [2.75, 3.05) is 19.6 Å². The Labute approximate surface area is 141 Å². The lowest BCUT2D eigenvalue weighted by atomic mass is 10.1. The molecule has 1 aromatic carbocycles. The van der Waals surface area contributed by atoms with Crippen LogP contribution in [0.3, 0.4) is 0 Å². The molecule has 2 N–H and O–H groups in total. The lowest BCUT2D eigenvalue weighted by molar-refractivity contribution is 0.0936. The fourth-order valence-electron chi connectivity index (χ4n) is 3.22. The third kappa shape index (κ3) is 3.74. The predicted molar refractivity (Wildman–Crippen MR) is 94.1 cm³/mol. The highest BCUT2D eigenvalue weighted by Crippen LogP contribution is 2.24. The first-order valence-electron chi connectivity index (χ1n) is 8.42. The zero-order valence-electron chi connectivity index (χ0n) is 13.9. The van der Waals surface area contributed by atoms with Gasteiger partial charge in [0.1, 0.15) is 5.56 Å². The number of benzene rings is 1. The van der Waals surface area contributed by atoms with Crippen LogP contribution in [0, 0.1) is 6.92 Å². The zero-order valence-corrected chi connectivity index (χ0v) is 13.9. The van der Waals surface area contributed by atoms with Gasteiger partial charge in [-0.15, -0.1) is 0 Å². The quantitative estimate of drug-likeness (QED) is 0.886. The molecule has 1 aliphatic rings. The number of nitrogens with zero attached hydrogens (tertiary/aromatic N) is 1. The van der Waals surface area contributed by atoms with Crippen LogP contribution in [0.15, 0.2) is 47.3 Å². The molecule has 1 amide bonds. The lowest BCUT2D eigenvalue weighted by Crippen LogP contribution is -2.38. The Balaban J connectivity index is 1.73. The van der Waals surface area contributed by atoms with E-state index in [1.54, 1.807) is 19.1 Å². The Morgan fingerprint density at radius 1 is 1.17 bits per heavy atom. The number of pyridine rings is 1. The van der Waals surface area contributed by atoms with Gasteiger partial charge in [0.25, 0.3) is 11.5 Å². The van der Waals surface area contributed by atoms with Crippen molar-refractivity contribution in [1.82, 2.24) is 15.2 Å². The Morgan fingerprint density at radius 2 is 1.88 bits per heavy atom. The highest BCUT2D eigenvalue weighted by Gasteiger charge is 2.24. The molecule has 0 bridgehead atoms. The van der Waals surface area contributed by atoms with E-state index < -0.39 is 0 Å². The van der Waals surface area contributed by atoms with Crippen molar-refractivity contribution in [3.63, 3.8) is 0 Å². The average Bonchev–Trinajstić information content (AvgIpc) is 3.10. The maximum atomic E-state index is 12.4. The van der Waals surface area contributed by atoms with Gasteiger partial charge in [-0.3, -0.25) is 14.5 Å². The Hall–Kier alpha value is -2.40. The molecule has 0 aliphatic carbocycles. The highest BCUT2D eigenvalue weighted by atomic mass is 16.2. The van der Waals surface area contributed by atoms with Crippen LogP contribution >= 0.6 is 0 Å². The Morgan fingerprint density at radius 3 is 2.54 bits per heavy atom. The van der Waals surface area contributed by atoms with Crippen LogP contribution in [0.4, 0.5) is 0 Å². The number of aryl methyl sites for hydroxylation is 1. The topological polar surface area (TPSA) is 65.2 Å². The average molecular weight is 325 g/mol. The van der Waals surface area contributed by atoms with Crippen molar-refractivity contribution in [2.24, 2.45) is 0 Å². The molecule has 2 heterocycles. The van der Waals surface area contributed by atoms with Crippen molar-refractivity contribution in [3.8, 4) is 0 Å². The monoisotopic (exact) mass is 325 g/mol. The molecular weight excluding hydrogens is 302 g/mol. The van der Waals surface area contributed by atoms with E-state index in [0.29, 0.717) is 6.54 Å². The first-order chi connectivity index (χ1) is 11.6. The van der Waals surface area contributed by atoms with Crippen molar-refractivity contribution in [2.45, 2.75) is 25.8 Å². The van der Waals surface area contributed by atoms with Crippen molar-refractivity contribution in [3.05, 3.63) is 69.6 Å². The zero-order chi connectivity index (χ0) is 16.9. The third-order valence-electron chi connectivity index (χ3n) is 4.52. The summed E-state index contributed by atoms with van der Waals surface area (Å²) in [6.45, 7) is 4.37. The fourth-order valence-corrected chi connectivity index (χ4v) is 3.22. The van der Waals surface area contributed by atoms with E-state index in [0.717, 1.165) is 18.8 Å². The number of aromatic amines is 1. The maximum Gasteiger partial charge on any atom is 0.260 e. The van der Waals surface area contributed by atoms with E-state index in [1.165, 1.54) is 18.4 Å². The molecule has 5 nitrogen and oxygen atoms in total. The van der Waals surface area contributed by atoms with Crippen molar-refractivity contribution >= 4 is 5.91 Å². The minimum Gasteiger partial charge on any atom is -0.350 e. The third-order valence-corrected chi connectivity index (χ3v) is 4.52. The number of rotatable bonds is 5. The summed E-state index contributed by atoms with van der Waals surface area (Å²) in [6.07, 6.45) is 2.38. The Bertz CT molecular complexity index is 749. The molecule has 1 aromatic heterocycles. The minimum absolute atomic E-state index is 0.141. The number of nitrogens with one attached hydrogen (secondary N) is 2. The van der Waals surface area contributed by atoms with Gasteiger partial charge >= 0.3 is 0 Å². The van der Waals surface area contributed by atoms with Crippen LogP contribution in [0.5, 0.6) is 0 Å². The second-order valence-corrected chi connectivity index (χ2v) is 6.26. The maximum absolute atomic E-state index is 12.4. The SMILES string of the molecule is Cc1ccc(C(=O)NC[C@H](c2ccccc2)N2CCCC2)c(=O)[nH]1. The molecule has 1 fully saturated rings. The molecule has 0 spiro atoms. The van der Waals surface area contributed by atoms with Gasteiger partial charge in [-0.25, -0.2) is 0 Å². The van der Waals surface area contributed by atoms with Crippen LogP contribution in [0.2, 0.25) is 0 Å². The largest absolute Gasteiger partial charge is 0.350 e. The van der Waals surface area contributed by atoms with Crippen LogP contribution in [-0.2, 0) is 0 Å². The number of hydrogen-bond donors (Lipinski definition) is 2. The number of carbonyl (C=O) groups is 1. The molecule has 1 saturated heterocycles. The fraction of sp³-hybridized carbons (Fsp3) is 0.368. The van der Waals surface area contributed by atoms with E-state index in [9.17, 15) is 9.59 Å². The predicted octanol–water partition coefficient (Wildman–Crippen LogP) is 2.25. The number of carbonyl (C=O) groups excluding carboxylic acids is 1. The normalized spacial score (nSPS) is 16.0. The summed E-state index contributed by atoms with van der Waals surface area (Å²) in [5.74, 6) is -0.323. The van der Waals surface area contributed by atoms with Gasteiger partial charge in [-0.1, -0.05) is 30.3 Å². The summed E-state index contributed by atoms with van der Waals surface area (Å²) in [5.41, 5.74) is 1.76. The van der Waals surface area contributed by atoms with Gasteiger partial charge < -0.3 is 10.3 Å². The lowest BCUT2D eigenvalue weighted by Gasteiger charge is -2.28. The van der Waals surface area contributed by atoms with Gasteiger partial charge in [0.15, 0.2) is 0 Å². The first-order valence-corrected chi connectivity index (χ1v) is 8.42.